The topological polar surface area (TPSA) is 0 Å². The van der Waals surface area contributed by atoms with Gasteiger partial charge in [0.05, 0.1) is 0 Å². The van der Waals surface area contributed by atoms with Crippen molar-refractivity contribution in [2.45, 2.75) is 48.9 Å². The van der Waals surface area contributed by atoms with Crippen LogP contribution in [0.1, 0.15) is 44.1 Å². The van der Waals surface area contributed by atoms with E-state index in [9.17, 15) is 17.6 Å². The molecule has 0 amide bonds. The van der Waals surface area contributed by atoms with Crippen LogP contribution in [0, 0.1) is 23.6 Å². The largest absolute Gasteiger partial charge is 0.446 e. The molecule has 1 aromatic carbocycles. The van der Waals surface area contributed by atoms with Gasteiger partial charge in [0.1, 0.15) is 5.82 Å². The third-order valence-corrected chi connectivity index (χ3v) is 4.22. The van der Waals surface area contributed by atoms with Crippen molar-refractivity contribution in [2.24, 2.45) is 5.92 Å². The molecule has 0 spiro atoms. The van der Waals surface area contributed by atoms with Gasteiger partial charge in [0.2, 0.25) is 0 Å². The maximum Gasteiger partial charge on any atom is 0.446 e. The second kappa shape index (κ2) is 7.22. The molecule has 0 aliphatic heterocycles. The Balaban J connectivity index is 2.19. The van der Waals surface area contributed by atoms with Gasteiger partial charge in [-0.3, -0.25) is 0 Å². The van der Waals surface area contributed by atoms with Crippen LogP contribution >= 0.6 is 11.8 Å². The van der Waals surface area contributed by atoms with E-state index >= 15 is 0 Å². The molecular weight excluding hydrogens is 300 g/mol. The molecule has 0 unspecified atom stereocenters. The van der Waals surface area contributed by atoms with Crippen LogP contribution in [0.5, 0.6) is 0 Å². The molecule has 2 rings (SSSR count). The molecule has 0 aromatic heterocycles. The van der Waals surface area contributed by atoms with Crippen LogP contribution in [0.3, 0.4) is 0 Å². The van der Waals surface area contributed by atoms with Gasteiger partial charge < -0.3 is 0 Å². The van der Waals surface area contributed by atoms with Crippen LogP contribution in [0.25, 0.3) is 0 Å². The Hall–Kier alpha value is -1.15. The highest BCUT2D eigenvalue weighted by Crippen LogP contribution is 2.38. The van der Waals surface area contributed by atoms with E-state index < -0.39 is 11.3 Å². The van der Waals surface area contributed by atoms with Gasteiger partial charge in [-0.1, -0.05) is 37.5 Å². The smallest absolute Gasteiger partial charge is 0.207 e. The summed E-state index contributed by atoms with van der Waals surface area (Å²) in [6, 6.07) is 3.37. The first-order chi connectivity index (χ1) is 9.94. The number of benzene rings is 1. The highest BCUT2D eigenvalue weighted by atomic mass is 32.2. The molecule has 0 radical (unpaired) electrons. The highest BCUT2D eigenvalue weighted by Gasteiger charge is 2.30. The molecule has 1 fully saturated rings. The molecule has 1 aromatic rings. The number of halogens is 4. The molecule has 21 heavy (non-hydrogen) atoms. The fourth-order valence-corrected chi connectivity index (χ4v) is 3.06. The molecule has 1 aliphatic rings. The predicted molar refractivity (Wildman–Crippen MR) is 76.4 cm³/mol. The summed E-state index contributed by atoms with van der Waals surface area (Å²) in [6.07, 6.45) is 6.62. The molecule has 1 saturated carbocycles. The minimum absolute atomic E-state index is 0.163. The van der Waals surface area contributed by atoms with Crippen molar-refractivity contribution < 1.29 is 17.6 Å². The summed E-state index contributed by atoms with van der Waals surface area (Å²) in [5.74, 6) is 5.45. The Bertz CT molecular complexity index is 531. The van der Waals surface area contributed by atoms with E-state index in [0.29, 0.717) is 0 Å². The van der Waals surface area contributed by atoms with Crippen LogP contribution in [-0.4, -0.2) is 5.51 Å². The van der Waals surface area contributed by atoms with Gasteiger partial charge in [-0.2, -0.15) is 13.2 Å². The number of rotatable bonds is 1. The first kappa shape index (κ1) is 16.2. The van der Waals surface area contributed by atoms with E-state index in [1.807, 2.05) is 0 Å². The molecule has 1 aliphatic carbocycles. The summed E-state index contributed by atoms with van der Waals surface area (Å²) in [5.41, 5.74) is -4.19. The van der Waals surface area contributed by atoms with Crippen molar-refractivity contribution in [3.05, 3.63) is 29.6 Å². The lowest BCUT2D eigenvalue weighted by Gasteiger charge is -2.08. The first-order valence-electron chi connectivity index (χ1n) is 7.01. The zero-order valence-electron chi connectivity index (χ0n) is 11.5. The van der Waals surface area contributed by atoms with Gasteiger partial charge in [-0.25, -0.2) is 4.39 Å². The molecular formula is C16H16F4S. The van der Waals surface area contributed by atoms with E-state index in [2.05, 4.69) is 11.8 Å². The second-order valence-corrected chi connectivity index (χ2v) is 6.25. The zero-order valence-corrected chi connectivity index (χ0v) is 12.3. The van der Waals surface area contributed by atoms with Crippen LogP contribution in [0.2, 0.25) is 0 Å². The standard InChI is InChI=1S/C16H16F4S/c17-14-10-9-13(15(11-14)21-16(18,19)20)8-7-12-5-3-1-2-4-6-12/h9-12H,1-6H2. The first-order valence-corrected chi connectivity index (χ1v) is 7.82. The van der Waals surface area contributed by atoms with Gasteiger partial charge in [0.15, 0.2) is 0 Å². The van der Waals surface area contributed by atoms with E-state index in [-0.39, 0.29) is 28.1 Å². The van der Waals surface area contributed by atoms with Crippen LogP contribution in [-0.2, 0) is 0 Å². The SMILES string of the molecule is Fc1ccc(C#CC2CCCCCC2)c(SC(F)(F)F)c1. The van der Waals surface area contributed by atoms with Gasteiger partial charge in [0, 0.05) is 16.4 Å². The Morgan fingerprint density at radius 1 is 1.05 bits per heavy atom. The maximum absolute atomic E-state index is 13.1. The number of alkyl halides is 3. The lowest BCUT2D eigenvalue weighted by molar-refractivity contribution is -0.0328. The average Bonchev–Trinajstić information content (AvgIpc) is 2.64. The Morgan fingerprint density at radius 3 is 2.33 bits per heavy atom. The number of thioether (sulfide) groups is 1. The van der Waals surface area contributed by atoms with Crippen molar-refractivity contribution in [2.75, 3.05) is 0 Å². The van der Waals surface area contributed by atoms with E-state index in [0.717, 1.165) is 37.8 Å². The fourth-order valence-electron chi connectivity index (χ4n) is 2.41. The molecule has 114 valence electrons. The van der Waals surface area contributed by atoms with Gasteiger partial charge >= 0.3 is 5.51 Å². The highest BCUT2D eigenvalue weighted by molar-refractivity contribution is 8.00. The van der Waals surface area contributed by atoms with Crippen LogP contribution in [0.4, 0.5) is 17.6 Å². The van der Waals surface area contributed by atoms with Crippen LogP contribution in [0.15, 0.2) is 23.1 Å². The molecule has 0 atom stereocenters. The zero-order chi connectivity index (χ0) is 15.3. The van der Waals surface area contributed by atoms with Crippen molar-refractivity contribution in [3.8, 4) is 11.8 Å². The molecule has 0 nitrogen and oxygen atoms in total. The number of hydrogen-bond acceptors (Lipinski definition) is 1. The number of hydrogen-bond donors (Lipinski definition) is 0. The Labute approximate surface area is 126 Å². The normalized spacial score (nSPS) is 17.0. The molecule has 5 heteroatoms. The van der Waals surface area contributed by atoms with Gasteiger partial charge in [-0.05, 0) is 42.8 Å². The molecule has 0 heterocycles. The van der Waals surface area contributed by atoms with Crippen molar-refractivity contribution >= 4 is 11.8 Å². The lowest BCUT2D eigenvalue weighted by Crippen LogP contribution is -2.01. The van der Waals surface area contributed by atoms with E-state index in [1.165, 1.54) is 18.9 Å². The Kier molecular flexibility index (Phi) is 5.58. The lowest BCUT2D eigenvalue weighted by atomic mass is 10.0. The predicted octanol–water partition coefficient (Wildman–Crippen LogP) is 5.76. The summed E-state index contributed by atoms with van der Waals surface area (Å²) in [6.45, 7) is 0. The Morgan fingerprint density at radius 2 is 1.71 bits per heavy atom. The average molecular weight is 316 g/mol. The fraction of sp³-hybridized carbons (Fsp3) is 0.500. The summed E-state index contributed by atoms with van der Waals surface area (Å²) >= 11 is -0.310. The van der Waals surface area contributed by atoms with E-state index in [4.69, 9.17) is 0 Å². The second-order valence-electron chi connectivity index (χ2n) is 5.15. The third kappa shape index (κ3) is 5.62. The van der Waals surface area contributed by atoms with Gasteiger partial charge in [0.25, 0.3) is 0 Å². The van der Waals surface area contributed by atoms with Crippen molar-refractivity contribution in [1.82, 2.24) is 0 Å². The maximum atomic E-state index is 13.1. The minimum atomic E-state index is -4.44. The minimum Gasteiger partial charge on any atom is -0.207 e. The molecule has 0 bridgehead atoms. The summed E-state index contributed by atoms with van der Waals surface area (Å²) in [5, 5.41) is 0. The monoisotopic (exact) mass is 316 g/mol. The van der Waals surface area contributed by atoms with Crippen molar-refractivity contribution in [3.63, 3.8) is 0 Å². The van der Waals surface area contributed by atoms with E-state index in [1.54, 1.807) is 0 Å². The molecule has 0 N–H and O–H groups in total. The summed E-state index contributed by atoms with van der Waals surface area (Å²) in [4.78, 5) is -0.163. The van der Waals surface area contributed by atoms with Gasteiger partial charge in [-0.15, -0.1) is 0 Å². The van der Waals surface area contributed by atoms with Crippen molar-refractivity contribution in [1.29, 1.82) is 0 Å². The summed E-state index contributed by atoms with van der Waals surface area (Å²) < 4.78 is 50.6. The summed E-state index contributed by atoms with van der Waals surface area (Å²) in [7, 11) is 0. The van der Waals surface area contributed by atoms with Crippen LogP contribution < -0.4 is 0 Å². The molecule has 0 saturated heterocycles. The quantitative estimate of drug-likeness (QED) is 0.275. The third-order valence-electron chi connectivity index (χ3n) is 3.44.